The molecule has 0 aliphatic carbocycles. The molecule has 6 heterocycles. The number of aliphatic hydroxyl groups is 1. The van der Waals surface area contributed by atoms with Crippen molar-refractivity contribution in [3.05, 3.63) is 219 Å². The van der Waals surface area contributed by atoms with Crippen molar-refractivity contribution in [1.82, 2.24) is 33.6 Å². The molecule has 10 rings (SSSR count). The van der Waals surface area contributed by atoms with Gasteiger partial charge in [0.25, 0.3) is 11.1 Å². The number of rotatable bonds is 9. The van der Waals surface area contributed by atoms with Crippen molar-refractivity contribution >= 4 is 67.7 Å². The zero-order chi connectivity index (χ0) is 48.8. The summed E-state index contributed by atoms with van der Waals surface area (Å²) in [5.41, 5.74) is 7.17. The molecule has 69 heavy (non-hydrogen) atoms. The average molecular weight is 985 g/mol. The van der Waals surface area contributed by atoms with Crippen molar-refractivity contribution in [1.29, 1.82) is 0 Å². The summed E-state index contributed by atoms with van der Waals surface area (Å²) in [6, 6.07) is 37.9. The molecule has 0 saturated carbocycles. The van der Waals surface area contributed by atoms with Gasteiger partial charge in [0.1, 0.15) is 5.54 Å². The number of aryl methyl sites for hydroxylation is 4. The van der Waals surface area contributed by atoms with Crippen LogP contribution in [-0.2, 0) is 39.3 Å². The van der Waals surface area contributed by atoms with Gasteiger partial charge in [0.05, 0.1) is 56.1 Å². The van der Waals surface area contributed by atoms with E-state index in [-0.39, 0.29) is 11.1 Å². The third-order valence-electron chi connectivity index (χ3n) is 12.7. The molecule has 0 aliphatic rings. The maximum atomic E-state index is 12.9. The van der Waals surface area contributed by atoms with Gasteiger partial charge in [-0.1, -0.05) is 71.4 Å². The van der Waals surface area contributed by atoms with Crippen molar-refractivity contribution in [2.75, 3.05) is 7.05 Å². The van der Waals surface area contributed by atoms with E-state index in [1.54, 1.807) is 64.8 Å². The number of nitrogens with one attached hydrogen (secondary N) is 1. The van der Waals surface area contributed by atoms with Crippen LogP contribution in [0.1, 0.15) is 43.4 Å². The van der Waals surface area contributed by atoms with Crippen molar-refractivity contribution < 1.29 is 5.11 Å². The number of hydrogen-bond donors (Lipinski definition) is 2. The first-order valence-electron chi connectivity index (χ1n) is 21.5. The number of thiophene rings is 2. The summed E-state index contributed by atoms with van der Waals surface area (Å²) in [6.07, 6.45) is 18.2. The van der Waals surface area contributed by atoms with Crippen LogP contribution in [0.4, 0.5) is 0 Å². The lowest BCUT2D eigenvalue weighted by Gasteiger charge is -2.34. The molecular weight excluding hydrogens is 942 g/mol. The Labute approximate surface area is 416 Å². The Kier molecular flexibility index (Phi) is 12.7. The van der Waals surface area contributed by atoms with E-state index in [0.717, 1.165) is 71.3 Å². The van der Waals surface area contributed by atoms with Crippen LogP contribution in [0.15, 0.2) is 156 Å². The Morgan fingerprint density at radius 3 is 1.54 bits per heavy atom. The lowest BCUT2D eigenvalue weighted by Crippen LogP contribution is -2.43. The van der Waals surface area contributed by atoms with Crippen LogP contribution >= 0.6 is 45.9 Å². The molecule has 10 nitrogen and oxygen atoms in total. The Morgan fingerprint density at radius 2 is 1.09 bits per heavy atom. The van der Waals surface area contributed by atoms with Crippen LogP contribution < -0.4 is 16.4 Å². The SMILES string of the molecule is C#Cc1cccc(-c2cc(=O)n(C)c3ccc(C(NC)(c4ccc(Cl)s4)c4cncn4C)cc23)c1.C#Cc1cccc(-c2cc(=O)n(C)c3ccc(C(O)(c4ccc(Cl)s4)c4cncn4C)cc23)c1. The van der Waals surface area contributed by atoms with Gasteiger partial charge in [0.15, 0.2) is 5.60 Å². The first kappa shape index (κ1) is 46.8. The number of hydrogen-bond acceptors (Lipinski definition) is 8. The Bertz CT molecular complexity index is 3830. The summed E-state index contributed by atoms with van der Waals surface area (Å²) in [5.74, 6) is 5.34. The van der Waals surface area contributed by atoms with E-state index in [0.29, 0.717) is 24.8 Å². The van der Waals surface area contributed by atoms with E-state index >= 15 is 0 Å². The average Bonchev–Trinajstić information content (AvgIpc) is 4.21. The van der Waals surface area contributed by atoms with Gasteiger partial charge >= 0.3 is 0 Å². The molecule has 0 saturated heterocycles. The predicted octanol–water partition coefficient (Wildman–Crippen LogP) is 10.1. The summed E-state index contributed by atoms with van der Waals surface area (Å²) in [6.45, 7) is 0. The van der Waals surface area contributed by atoms with E-state index in [4.69, 9.17) is 36.0 Å². The molecule has 4 aromatic carbocycles. The van der Waals surface area contributed by atoms with E-state index in [1.807, 2.05) is 123 Å². The largest absolute Gasteiger partial charge is 0.374 e. The number of benzene rings is 4. The van der Waals surface area contributed by atoms with Gasteiger partial charge in [0, 0.05) is 72.0 Å². The minimum atomic E-state index is -1.50. The fourth-order valence-corrected chi connectivity index (χ4v) is 11.5. The van der Waals surface area contributed by atoms with Crippen molar-refractivity contribution in [2.45, 2.75) is 11.1 Å². The lowest BCUT2D eigenvalue weighted by atomic mass is 9.83. The number of terminal acetylenes is 2. The van der Waals surface area contributed by atoms with Crippen LogP contribution in [-0.4, -0.2) is 40.4 Å². The molecule has 2 unspecified atom stereocenters. The van der Waals surface area contributed by atoms with E-state index in [9.17, 15) is 14.7 Å². The number of aromatic nitrogens is 6. The predicted molar refractivity (Wildman–Crippen MR) is 281 cm³/mol. The monoisotopic (exact) mass is 983 g/mol. The topological polar surface area (TPSA) is 112 Å². The molecule has 0 spiro atoms. The van der Waals surface area contributed by atoms with Gasteiger partial charge in [0.2, 0.25) is 0 Å². The second-order valence-corrected chi connectivity index (χ2v) is 20.0. The molecule has 6 aromatic heterocycles. The van der Waals surface area contributed by atoms with Crippen molar-refractivity contribution in [3.63, 3.8) is 0 Å². The molecule has 2 N–H and O–H groups in total. The molecule has 2 atom stereocenters. The molecular formula is C55H43Cl2N7O3S2. The highest BCUT2D eigenvalue weighted by atomic mass is 35.5. The lowest BCUT2D eigenvalue weighted by molar-refractivity contribution is 0.121. The van der Waals surface area contributed by atoms with Crippen molar-refractivity contribution in [2.24, 2.45) is 28.2 Å². The highest BCUT2D eigenvalue weighted by molar-refractivity contribution is 7.16. The number of nitrogens with zero attached hydrogens (tertiary/aromatic N) is 6. The van der Waals surface area contributed by atoms with Crippen LogP contribution in [0.3, 0.4) is 0 Å². The minimum absolute atomic E-state index is 0.0806. The van der Waals surface area contributed by atoms with Gasteiger partial charge in [-0.3, -0.25) is 9.59 Å². The standard InChI is InChI=1S/C28H23ClN4OS.C27H20ClN3O2S/c1-5-18-7-6-8-19(13-18)21-15-27(34)33(4)23-10-9-20(14-22(21)23)28(30-2,24-16-31-17-32(24)3)25-11-12-26(29)35-25;1-4-17-6-5-7-18(12-17)20-14-26(32)31(3)22-9-8-19(13-21(20)22)27(33,23-15-29-16-30(23)2)24-10-11-25(28)34-24/h1,6-17,30H,2-4H3;1,5-16,33H,2-3H3. The quantitative estimate of drug-likeness (QED) is 0.139. The van der Waals surface area contributed by atoms with Crippen LogP contribution in [0, 0.1) is 24.7 Å². The van der Waals surface area contributed by atoms with Crippen molar-refractivity contribution in [3.8, 4) is 46.9 Å². The molecule has 14 heteroatoms. The fraction of sp³-hybridized carbons (Fsp3) is 0.127. The second-order valence-electron chi connectivity index (χ2n) is 16.5. The van der Waals surface area contributed by atoms with E-state index in [1.165, 1.54) is 22.7 Å². The maximum Gasteiger partial charge on any atom is 0.251 e. The number of halogens is 2. The van der Waals surface area contributed by atoms with E-state index in [2.05, 4.69) is 39.3 Å². The summed E-state index contributed by atoms with van der Waals surface area (Å²) in [4.78, 5) is 36.0. The number of pyridine rings is 2. The summed E-state index contributed by atoms with van der Waals surface area (Å²) < 4.78 is 8.34. The fourth-order valence-electron chi connectivity index (χ4n) is 9.09. The molecule has 0 amide bonds. The Balaban J connectivity index is 0.000000172. The third-order valence-corrected chi connectivity index (χ3v) is 15.4. The highest BCUT2D eigenvalue weighted by Gasteiger charge is 2.40. The van der Waals surface area contributed by atoms with Gasteiger partial charge in [-0.05, 0) is 113 Å². The van der Waals surface area contributed by atoms with E-state index < -0.39 is 11.1 Å². The first-order chi connectivity index (χ1) is 33.2. The third kappa shape index (κ3) is 8.21. The molecule has 0 aliphatic heterocycles. The van der Waals surface area contributed by atoms with Gasteiger partial charge in [-0.2, -0.15) is 0 Å². The second kappa shape index (κ2) is 18.7. The Hall–Kier alpha value is -7.26. The zero-order valence-electron chi connectivity index (χ0n) is 38.0. The zero-order valence-corrected chi connectivity index (χ0v) is 41.2. The smallest absolute Gasteiger partial charge is 0.251 e. The number of imidazole rings is 2. The highest BCUT2D eigenvalue weighted by Crippen LogP contribution is 2.44. The van der Waals surface area contributed by atoms with Crippen LogP contribution in [0.2, 0.25) is 8.67 Å². The molecule has 10 aromatic rings. The molecule has 0 bridgehead atoms. The summed E-state index contributed by atoms with van der Waals surface area (Å²) in [5, 5.41) is 17.6. The summed E-state index contributed by atoms with van der Waals surface area (Å²) >= 11 is 15.5. The number of fused-ring (bicyclic) bond motifs is 2. The summed E-state index contributed by atoms with van der Waals surface area (Å²) in [7, 11) is 9.27. The Morgan fingerprint density at radius 1 is 0.609 bits per heavy atom. The van der Waals surface area contributed by atoms with Crippen LogP contribution in [0.5, 0.6) is 0 Å². The maximum absolute atomic E-state index is 12.9. The molecule has 0 radical (unpaired) electrons. The van der Waals surface area contributed by atoms with Gasteiger partial charge < -0.3 is 28.7 Å². The molecule has 342 valence electrons. The minimum Gasteiger partial charge on any atom is -0.374 e. The van der Waals surface area contributed by atoms with Gasteiger partial charge in [-0.15, -0.1) is 35.5 Å². The van der Waals surface area contributed by atoms with Gasteiger partial charge in [-0.25, -0.2) is 9.97 Å². The first-order valence-corrected chi connectivity index (χ1v) is 23.9. The molecule has 0 fully saturated rings. The normalized spacial score (nSPS) is 13.0. The van der Waals surface area contributed by atoms with Crippen LogP contribution in [0.25, 0.3) is 44.1 Å².